The highest BCUT2D eigenvalue weighted by Gasteiger charge is 2.34. The molecule has 5 rings (SSSR count). The maximum atomic E-state index is 13.1. The van der Waals surface area contributed by atoms with Crippen molar-refractivity contribution in [2.45, 2.75) is 23.1 Å². The summed E-state index contributed by atoms with van der Waals surface area (Å²) in [7, 11) is -3.43. The number of hydrogen-bond donors (Lipinski definition) is 0. The van der Waals surface area contributed by atoms with Crippen LogP contribution in [0.2, 0.25) is 0 Å². The summed E-state index contributed by atoms with van der Waals surface area (Å²) in [4.78, 5) is 17.2. The van der Waals surface area contributed by atoms with Crippen LogP contribution in [-0.2, 0) is 14.8 Å². The molecule has 8 nitrogen and oxygen atoms in total. The molecule has 32 heavy (non-hydrogen) atoms. The Labute approximate surface area is 192 Å². The summed E-state index contributed by atoms with van der Waals surface area (Å²) in [6, 6.07) is 9.38. The molecule has 1 aromatic heterocycles. The van der Waals surface area contributed by atoms with E-state index in [2.05, 4.69) is 4.90 Å². The van der Waals surface area contributed by atoms with Crippen LogP contribution in [0.4, 0.5) is 0 Å². The quantitative estimate of drug-likeness (QED) is 0.657. The number of ether oxygens (including phenoxy) is 2. The van der Waals surface area contributed by atoms with Gasteiger partial charge >= 0.3 is 0 Å². The second-order valence-corrected chi connectivity index (χ2v) is 11.4. The number of carbonyl (C=O) groups is 1. The van der Waals surface area contributed by atoms with Crippen molar-refractivity contribution in [3.05, 3.63) is 41.3 Å². The van der Waals surface area contributed by atoms with Crippen LogP contribution in [0, 0.1) is 0 Å². The minimum atomic E-state index is -3.43. The van der Waals surface area contributed by atoms with Crippen LogP contribution in [0.5, 0.6) is 11.5 Å². The molecule has 3 aliphatic rings. The number of likely N-dealkylation sites (tertiary alicyclic amines) is 1. The molecule has 4 heterocycles. The van der Waals surface area contributed by atoms with Gasteiger partial charge in [0.1, 0.15) is 17.4 Å². The van der Waals surface area contributed by atoms with Gasteiger partial charge in [-0.2, -0.15) is 4.31 Å². The molecular weight excluding hydrogens is 450 g/mol. The van der Waals surface area contributed by atoms with Crippen LogP contribution in [0.25, 0.3) is 0 Å². The smallest absolute Gasteiger partial charge is 0.252 e. The second-order valence-electron chi connectivity index (χ2n) is 8.26. The van der Waals surface area contributed by atoms with Gasteiger partial charge in [0.2, 0.25) is 5.91 Å². The van der Waals surface area contributed by atoms with Crippen molar-refractivity contribution in [3.8, 4) is 11.5 Å². The largest absolute Gasteiger partial charge is 0.486 e. The van der Waals surface area contributed by atoms with E-state index in [1.165, 1.54) is 15.6 Å². The standard InChI is InChI=1S/C22H27N3O5S2/c26-21(16-23-8-10-24(11-9-23)32(27,28)22-4-2-14-31-22)25-7-1-3-18(25)17-5-6-19-20(15-17)30-13-12-29-19/h2,4-6,14-15,18H,1,3,7-13,16H2/t18-/m0/s1. The van der Waals surface area contributed by atoms with Crippen molar-refractivity contribution in [1.29, 1.82) is 0 Å². The number of sulfonamides is 1. The Morgan fingerprint density at radius 2 is 1.81 bits per heavy atom. The lowest BCUT2D eigenvalue weighted by Gasteiger charge is -2.35. The Balaban J connectivity index is 1.20. The minimum Gasteiger partial charge on any atom is -0.486 e. The lowest BCUT2D eigenvalue weighted by Crippen LogP contribution is -2.51. The van der Waals surface area contributed by atoms with E-state index >= 15 is 0 Å². The Hall–Kier alpha value is -2.14. The summed E-state index contributed by atoms with van der Waals surface area (Å²) < 4.78 is 38.7. The zero-order valence-corrected chi connectivity index (χ0v) is 19.4. The SMILES string of the molecule is O=C(CN1CCN(S(=O)(=O)c2cccs2)CC1)N1CCC[C@H]1c1ccc2c(c1)OCCO2. The summed E-state index contributed by atoms with van der Waals surface area (Å²) >= 11 is 1.24. The number of carbonyl (C=O) groups excluding carboxylic acids is 1. The Bertz CT molecular complexity index is 1070. The van der Waals surface area contributed by atoms with Gasteiger partial charge in [0.05, 0.1) is 12.6 Å². The van der Waals surface area contributed by atoms with E-state index in [1.807, 2.05) is 23.1 Å². The van der Waals surface area contributed by atoms with Gasteiger partial charge in [0.25, 0.3) is 10.0 Å². The molecule has 2 aromatic rings. The maximum absolute atomic E-state index is 13.1. The first-order valence-corrected chi connectivity index (χ1v) is 13.3. The first-order chi connectivity index (χ1) is 15.5. The molecule has 3 aliphatic heterocycles. The van der Waals surface area contributed by atoms with Crippen LogP contribution in [0.3, 0.4) is 0 Å². The zero-order valence-electron chi connectivity index (χ0n) is 17.8. The summed E-state index contributed by atoms with van der Waals surface area (Å²) in [6.45, 7) is 4.06. The molecule has 0 radical (unpaired) electrons. The number of rotatable bonds is 5. The van der Waals surface area contributed by atoms with Crippen molar-refractivity contribution in [2.24, 2.45) is 0 Å². The highest BCUT2D eigenvalue weighted by Crippen LogP contribution is 2.38. The summed E-state index contributed by atoms with van der Waals surface area (Å²) in [5.74, 6) is 1.60. The van der Waals surface area contributed by atoms with Crippen molar-refractivity contribution in [1.82, 2.24) is 14.1 Å². The average molecular weight is 478 g/mol. The molecule has 0 aliphatic carbocycles. The Kier molecular flexibility index (Phi) is 6.11. The highest BCUT2D eigenvalue weighted by atomic mass is 32.2. The first kappa shape index (κ1) is 21.7. The molecule has 0 unspecified atom stereocenters. The van der Waals surface area contributed by atoms with E-state index in [0.717, 1.165) is 36.4 Å². The number of benzene rings is 1. The molecular formula is C22H27N3O5S2. The predicted molar refractivity (Wildman–Crippen MR) is 121 cm³/mol. The molecule has 0 bridgehead atoms. The zero-order chi connectivity index (χ0) is 22.1. The number of piperazine rings is 1. The fourth-order valence-electron chi connectivity index (χ4n) is 4.63. The van der Waals surface area contributed by atoms with Crippen molar-refractivity contribution in [3.63, 3.8) is 0 Å². The Morgan fingerprint density at radius 3 is 2.56 bits per heavy atom. The topological polar surface area (TPSA) is 79.4 Å². The molecule has 0 N–H and O–H groups in total. The fraction of sp³-hybridized carbons (Fsp3) is 0.500. The number of fused-ring (bicyclic) bond motifs is 1. The van der Waals surface area contributed by atoms with Gasteiger partial charge in [-0.15, -0.1) is 11.3 Å². The highest BCUT2D eigenvalue weighted by molar-refractivity contribution is 7.91. The van der Waals surface area contributed by atoms with E-state index in [4.69, 9.17) is 9.47 Å². The molecule has 0 saturated carbocycles. The summed E-state index contributed by atoms with van der Waals surface area (Å²) in [5.41, 5.74) is 1.08. The maximum Gasteiger partial charge on any atom is 0.252 e. The average Bonchev–Trinajstić information content (AvgIpc) is 3.52. The fourth-order valence-corrected chi connectivity index (χ4v) is 7.19. The van der Waals surface area contributed by atoms with Gasteiger partial charge in [0, 0.05) is 32.7 Å². The summed E-state index contributed by atoms with van der Waals surface area (Å²) in [6.07, 6.45) is 1.90. The summed E-state index contributed by atoms with van der Waals surface area (Å²) in [5, 5.41) is 1.77. The number of thiophene rings is 1. The first-order valence-electron chi connectivity index (χ1n) is 11.0. The number of amides is 1. The third kappa shape index (κ3) is 4.24. The van der Waals surface area contributed by atoms with Crippen molar-refractivity contribution < 1.29 is 22.7 Å². The molecule has 1 aromatic carbocycles. The van der Waals surface area contributed by atoms with E-state index in [9.17, 15) is 13.2 Å². The molecule has 172 valence electrons. The molecule has 0 spiro atoms. The van der Waals surface area contributed by atoms with Gasteiger partial charge in [-0.05, 0) is 42.0 Å². The van der Waals surface area contributed by atoms with Crippen molar-refractivity contribution in [2.75, 3.05) is 52.5 Å². The predicted octanol–water partition coefficient (Wildman–Crippen LogP) is 2.19. The number of hydrogen-bond acceptors (Lipinski definition) is 7. The van der Waals surface area contributed by atoms with E-state index in [1.54, 1.807) is 17.5 Å². The van der Waals surface area contributed by atoms with E-state index < -0.39 is 10.0 Å². The Morgan fingerprint density at radius 1 is 1.03 bits per heavy atom. The van der Waals surface area contributed by atoms with Crippen LogP contribution in [0.1, 0.15) is 24.4 Å². The molecule has 10 heteroatoms. The third-order valence-electron chi connectivity index (χ3n) is 6.30. The van der Waals surface area contributed by atoms with Gasteiger partial charge in [-0.3, -0.25) is 9.69 Å². The minimum absolute atomic E-state index is 0.0406. The van der Waals surface area contributed by atoms with Gasteiger partial charge in [0.15, 0.2) is 11.5 Å². The monoisotopic (exact) mass is 477 g/mol. The van der Waals surface area contributed by atoms with Gasteiger partial charge in [-0.1, -0.05) is 12.1 Å². The second kappa shape index (κ2) is 9.01. The lowest BCUT2D eigenvalue weighted by molar-refractivity contribution is -0.133. The van der Waals surface area contributed by atoms with E-state index in [0.29, 0.717) is 50.1 Å². The van der Waals surface area contributed by atoms with Crippen LogP contribution in [-0.4, -0.2) is 80.9 Å². The van der Waals surface area contributed by atoms with Crippen LogP contribution < -0.4 is 9.47 Å². The van der Waals surface area contributed by atoms with Gasteiger partial charge in [-0.25, -0.2) is 8.42 Å². The van der Waals surface area contributed by atoms with Gasteiger partial charge < -0.3 is 14.4 Å². The van der Waals surface area contributed by atoms with Crippen LogP contribution >= 0.6 is 11.3 Å². The molecule has 1 atom stereocenters. The lowest BCUT2D eigenvalue weighted by atomic mass is 10.0. The molecule has 2 saturated heterocycles. The normalized spacial score (nSPS) is 22.2. The van der Waals surface area contributed by atoms with Crippen molar-refractivity contribution >= 4 is 27.3 Å². The molecule has 2 fully saturated rings. The molecule has 1 amide bonds. The third-order valence-corrected chi connectivity index (χ3v) is 9.58. The van der Waals surface area contributed by atoms with Crippen LogP contribution in [0.15, 0.2) is 39.9 Å². The van der Waals surface area contributed by atoms with E-state index in [-0.39, 0.29) is 11.9 Å². The number of nitrogens with zero attached hydrogens (tertiary/aromatic N) is 3.